The van der Waals surface area contributed by atoms with Crippen molar-refractivity contribution >= 4 is 8.80 Å². The van der Waals surface area contributed by atoms with Crippen LogP contribution in [0.1, 0.15) is 90.0 Å². The van der Waals surface area contributed by atoms with Gasteiger partial charge in [-0.2, -0.15) is 0 Å². The summed E-state index contributed by atoms with van der Waals surface area (Å²) in [5.74, 6) is 4.10. The van der Waals surface area contributed by atoms with Crippen LogP contribution in [0, 0.1) is 17.8 Å². The molecule has 1 saturated heterocycles. The maximum absolute atomic E-state index is 5.86. The lowest BCUT2D eigenvalue weighted by Crippen LogP contribution is -2.28. The van der Waals surface area contributed by atoms with E-state index < -0.39 is 0 Å². The van der Waals surface area contributed by atoms with Gasteiger partial charge in [0.15, 0.2) is 0 Å². The number of aryl methyl sites for hydroxylation is 1. The molecule has 2 fully saturated rings. The molecular weight excluding hydrogens is 440 g/mol. The van der Waals surface area contributed by atoms with Crippen molar-refractivity contribution in [2.45, 2.75) is 109 Å². The summed E-state index contributed by atoms with van der Waals surface area (Å²) < 4.78 is 5.86. The van der Waals surface area contributed by atoms with Gasteiger partial charge in [0, 0.05) is 8.80 Å². The number of unbranched alkanes of at least 4 members (excludes halogenated alkanes) is 2. The van der Waals surface area contributed by atoms with Crippen LogP contribution in [0.3, 0.4) is 0 Å². The van der Waals surface area contributed by atoms with Gasteiger partial charge in [-0.1, -0.05) is 113 Å². The van der Waals surface area contributed by atoms with Gasteiger partial charge in [0.05, 0.1) is 6.61 Å². The molecule has 1 nitrogen and oxygen atoms in total. The van der Waals surface area contributed by atoms with Crippen LogP contribution in [0.4, 0.5) is 0 Å². The molecule has 1 saturated carbocycles. The Kier molecular flexibility index (Phi) is 10.8. The quantitative estimate of drug-likeness (QED) is 0.212. The highest BCUT2D eigenvalue weighted by molar-refractivity contribution is 6.58. The fraction of sp³-hybridized carbons (Fsp3) is 0.636. The minimum Gasteiger partial charge on any atom is -0.494 e. The van der Waals surface area contributed by atoms with E-state index >= 15 is 0 Å². The predicted octanol–water partition coefficient (Wildman–Crippen LogP) is 9.71. The summed E-state index contributed by atoms with van der Waals surface area (Å²) in [4.78, 5) is 0. The molecule has 0 spiro atoms. The number of hydrogen-bond donors (Lipinski definition) is 0. The minimum atomic E-state index is -0.316. The van der Waals surface area contributed by atoms with E-state index in [2.05, 4.69) is 62.4 Å². The zero-order valence-electron chi connectivity index (χ0n) is 22.7. The highest BCUT2D eigenvalue weighted by Crippen LogP contribution is 2.42. The molecule has 0 bridgehead atoms. The van der Waals surface area contributed by atoms with E-state index in [0.717, 1.165) is 36.5 Å². The maximum atomic E-state index is 5.86. The zero-order valence-corrected chi connectivity index (χ0v) is 23.8. The molecule has 2 aromatic carbocycles. The van der Waals surface area contributed by atoms with Gasteiger partial charge in [-0.25, -0.2) is 0 Å². The fourth-order valence-electron chi connectivity index (χ4n) is 6.83. The van der Waals surface area contributed by atoms with Crippen LogP contribution in [0.15, 0.2) is 48.5 Å². The van der Waals surface area contributed by atoms with E-state index in [1.165, 1.54) is 74.5 Å². The standard InChI is InChI=1S/C33H50OSi/c1-3-5-6-23-34-33-19-17-31(18-20-33)29-13-9-27(10-14-29)7-8-28-11-15-30(16-12-28)32-21-25-35(24-4-2)26-22-32/h9-10,13-14,17-20,28,30,32,35H,3-8,11-12,15-16,21-26H2,1-2H3/t28-,30-,32?,35?. The molecule has 2 aromatic rings. The van der Waals surface area contributed by atoms with Crippen molar-refractivity contribution in [2.24, 2.45) is 17.8 Å². The van der Waals surface area contributed by atoms with E-state index in [1.54, 1.807) is 31.0 Å². The average Bonchev–Trinajstić information content (AvgIpc) is 2.92. The Hall–Kier alpha value is -1.54. The van der Waals surface area contributed by atoms with Crippen LogP contribution in [0.25, 0.3) is 11.1 Å². The molecule has 0 N–H and O–H groups in total. The lowest BCUT2D eigenvalue weighted by atomic mass is 9.73. The number of rotatable bonds is 12. The summed E-state index contributed by atoms with van der Waals surface area (Å²) in [6, 6.07) is 22.9. The summed E-state index contributed by atoms with van der Waals surface area (Å²) in [5.41, 5.74) is 4.09. The highest BCUT2D eigenvalue weighted by Gasteiger charge is 2.30. The van der Waals surface area contributed by atoms with Gasteiger partial charge < -0.3 is 4.74 Å². The molecule has 35 heavy (non-hydrogen) atoms. The normalized spacial score (nSPS) is 24.9. The van der Waals surface area contributed by atoms with Crippen molar-refractivity contribution in [3.63, 3.8) is 0 Å². The lowest BCUT2D eigenvalue weighted by Gasteiger charge is -2.37. The molecular formula is C33H50OSi. The third-order valence-electron chi connectivity index (χ3n) is 9.15. The van der Waals surface area contributed by atoms with Crippen LogP contribution in [0.2, 0.25) is 18.1 Å². The SMILES string of the molecule is CCCCCOc1ccc(-c2ccc(CC[C@H]3CC[C@H](C4CC[SiH](CCC)CC4)CC3)cc2)cc1. The van der Waals surface area contributed by atoms with E-state index in [4.69, 9.17) is 4.74 Å². The van der Waals surface area contributed by atoms with Crippen LogP contribution in [-0.4, -0.2) is 15.4 Å². The Morgan fingerprint density at radius 1 is 0.714 bits per heavy atom. The molecule has 0 atom stereocenters. The van der Waals surface area contributed by atoms with Crippen molar-refractivity contribution in [1.82, 2.24) is 0 Å². The van der Waals surface area contributed by atoms with Crippen molar-refractivity contribution < 1.29 is 4.74 Å². The van der Waals surface area contributed by atoms with E-state index in [-0.39, 0.29) is 8.80 Å². The number of ether oxygens (including phenoxy) is 1. The van der Waals surface area contributed by atoms with Crippen LogP contribution < -0.4 is 4.74 Å². The first-order chi connectivity index (χ1) is 17.2. The predicted molar refractivity (Wildman–Crippen MR) is 155 cm³/mol. The third-order valence-corrected chi connectivity index (χ3v) is 12.8. The second-order valence-corrected chi connectivity index (χ2v) is 15.1. The van der Waals surface area contributed by atoms with Crippen molar-refractivity contribution in [3.05, 3.63) is 54.1 Å². The molecule has 0 aromatic heterocycles. The second-order valence-electron chi connectivity index (χ2n) is 11.7. The Balaban J connectivity index is 1.16. The molecule has 4 rings (SSSR count). The van der Waals surface area contributed by atoms with Crippen LogP contribution >= 0.6 is 0 Å². The van der Waals surface area contributed by atoms with Gasteiger partial charge in [0.1, 0.15) is 5.75 Å². The van der Waals surface area contributed by atoms with E-state index in [0.29, 0.717) is 0 Å². The fourth-order valence-corrected chi connectivity index (χ4v) is 10.3. The van der Waals surface area contributed by atoms with Crippen molar-refractivity contribution in [2.75, 3.05) is 6.61 Å². The molecule has 192 valence electrons. The second kappa shape index (κ2) is 14.3. The van der Waals surface area contributed by atoms with E-state index in [1.807, 2.05) is 0 Å². The highest BCUT2D eigenvalue weighted by atomic mass is 28.3. The molecule has 1 aliphatic heterocycles. The average molecular weight is 491 g/mol. The Bertz CT molecular complexity index is 826. The van der Waals surface area contributed by atoms with Gasteiger partial charge in [-0.15, -0.1) is 0 Å². The smallest absolute Gasteiger partial charge is 0.119 e. The van der Waals surface area contributed by atoms with Crippen LogP contribution in [0.5, 0.6) is 5.75 Å². The first-order valence-electron chi connectivity index (χ1n) is 15.1. The Labute approximate surface area is 217 Å². The summed E-state index contributed by atoms with van der Waals surface area (Å²) >= 11 is 0. The summed E-state index contributed by atoms with van der Waals surface area (Å²) in [7, 11) is -0.316. The molecule has 1 aliphatic carbocycles. The maximum Gasteiger partial charge on any atom is 0.119 e. The van der Waals surface area contributed by atoms with Gasteiger partial charge in [0.25, 0.3) is 0 Å². The first kappa shape index (κ1) is 26.5. The summed E-state index contributed by atoms with van der Waals surface area (Å²) in [6.45, 7) is 5.44. The van der Waals surface area contributed by atoms with Gasteiger partial charge >= 0.3 is 0 Å². The largest absolute Gasteiger partial charge is 0.494 e. The number of benzene rings is 2. The van der Waals surface area contributed by atoms with Gasteiger partial charge in [-0.3, -0.25) is 0 Å². The van der Waals surface area contributed by atoms with E-state index in [9.17, 15) is 0 Å². The van der Waals surface area contributed by atoms with Gasteiger partial charge in [-0.05, 0) is 78.7 Å². The van der Waals surface area contributed by atoms with Crippen molar-refractivity contribution in [1.29, 1.82) is 0 Å². The topological polar surface area (TPSA) is 9.23 Å². The minimum absolute atomic E-state index is 0.316. The number of hydrogen-bond acceptors (Lipinski definition) is 1. The molecule has 0 radical (unpaired) electrons. The molecule has 2 aliphatic rings. The Morgan fingerprint density at radius 3 is 1.97 bits per heavy atom. The van der Waals surface area contributed by atoms with Crippen LogP contribution in [-0.2, 0) is 6.42 Å². The molecule has 0 unspecified atom stereocenters. The molecule has 2 heteroatoms. The summed E-state index contributed by atoms with van der Waals surface area (Å²) in [5, 5.41) is 0. The Morgan fingerprint density at radius 2 is 1.34 bits per heavy atom. The monoisotopic (exact) mass is 490 g/mol. The lowest BCUT2D eigenvalue weighted by molar-refractivity contribution is 0.186. The first-order valence-corrected chi connectivity index (χ1v) is 17.5. The zero-order chi connectivity index (χ0) is 24.3. The molecule has 0 amide bonds. The van der Waals surface area contributed by atoms with Gasteiger partial charge in [0.2, 0.25) is 0 Å². The summed E-state index contributed by atoms with van der Waals surface area (Å²) in [6.07, 6.45) is 16.9. The third kappa shape index (κ3) is 8.24. The molecule has 1 heterocycles. The van der Waals surface area contributed by atoms with Crippen molar-refractivity contribution in [3.8, 4) is 16.9 Å².